The monoisotopic (exact) mass is 117 g/mol. The van der Waals surface area contributed by atoms with Crippen LogP contribution in [0.1, 0.15) is 13.3 Å². The topological polar surface area (TPSA) is 27.6 Å². The van der Waals surface area contributed by atoms with Crippen LogP contribution in [0.5, 0.6) is 0 Å². The fourth-order valence-electron chi connectivity index (χ4n) is 0.576. The number of nitrogens with one attached hydrogen (secondary N) is 1. The van der Waals surface area contributed by atoms with E-state index in [4.69, 9.17) is 0 Å². The molecule has 4 heteroatoms. The molecule has 0 amide bonds. The smallest absolute Gasteiger partial charge is 0.146 e. The van der Waals surface area contributed by atoms with Gasteiger partial charge in [-0.25, -0.2) is 0 Å². The molecule has 1 unspecified atom stereocenters. The lowest BCUT2D eigenvalue weighted by Crippen LogP contribution is -2.29. The van der Waals surface area contributed by atoms with Crippen LogP contribution in [-0.2, 0) is 0 Å². The van der Waals surface area contributed by atoms with Crippen molar-refractivity contribution in [2.24, 2.45) is 5.10 Å². The third kappa shape index (κ3) is 0.731. The van der Waals surface area contributed by atoms with E-state index in [1.807, 2.05) is 6.92 Å². The minimum atomic E-state index is -0.241. The van der Waals surface area contributed by atoms with Gasteiger partial charge >= 0.3 is 0 Å². The van der Waals surface area contributed by atoms with Crippen molar-refractivity contribution in [3.05, 3.63) is 0 Å². The Morgan fingerprint density at radius 2 is 2.75 bits per heavy atom. The van der Waals surface area contributed by atoms with Gasteiger partial charge in [0.1, 0.15) is 12.5 Å². The molecular weight excluding hydrogens is 109 g/mol. The van der Waals surface area contributed by atoms with Gasteiger partial charge in [-0.3, -0.25) is 5.43 Å². The first-order valence-corrected chi connectivity index (χ1v) is 2.57. The van der Waals surface area contributed by atoms with E-state index >= 15 is 0 Å². The molecule has 0 aromatic heterocycles. The van der Waals surface area contributed by atoms with Crippen molar-refractivity contribution in [2.45, 2.75) is 19.5 Å². The van der Waals surface area contributed by atoms with E-state index in [1.54, 1.807) is 0 Å². The Morgan fingerprint density at radius 1 is 2.00 bits per heavy atom. The molecule has 0 spiro atoms. The normalized spacial score (nSPS) is 26.2. The van der Waals surface area contributed by atoms with Crippen molar-refractivity contribution in [2.75, 3.05) is 0 Å². The van der Waals surface area contributed by atoms with Crippen molar-refractivity contribution in [1.82, 2.24) is 10.5 Å². The first kappa shape index (κ1) is 5.34. The largest absolute Gasteiger partial charge is 0.284 e. The maximum atomic E-state index is 12.2. The zero-order chi connectivity index (χ0) is 5.98. The van der Waals surface area contributed by atoms with E-state index < -0.39 is 0 Å². The molecule has 1 aliphatic rings. The molecule has 1 atom stereocenters. The highest BCUT2D eigenvalue weighted by atomic mass is 19.2. The number of hydrogen-bond acceptors (Lipinski definition) is 3. The predicted octanol–water partition coefficient (Wildman–Crippen LogP) is 0.455. The van der Waals surface area contributed by atoms with E-state index in [-0.39, 0.29) is 6.17 Å². The molecule has 0 saturated heterocycles. The van der Waals surface area contributed by atoms with Crippen molar-refractivity contribution >= 4 is 6.34 Å². The fourth-order valence-corrected chi connectivity index (χ4v) is 0.576. The Kier molecular flexibility index (Phi) is 1.32. The summed E-state index contributed by atoms with van der Waals surface area (Å²) < 4.78 is 12.2. The number of nitrogens with zero attached hydrogens (tertiary/aromatic N) is 2. The van der Waals surface area contributed by atoms with Crippen LogP contribution in [0.4, 0.5) is 4.48 Å². The van der Waals surface area contributed by atoms with Crippen molar-refractivity contribution in [3.63, 3.8) is 0 Å². The van der Waals surface area contributed by atoms with E-state index in [1.165, 1.54) is 0 Å². The molecule has 0 aliphatic carbocycles. The lowest BCUT2D eigenvalue weighted by atomic mass is 10.4. The van der Waals surface area contributed by atoms with Crippen LogP contribution in [0.25, 0.3) is 0 Å². The number of rotatable bonds is 1. The van der Waals surface area contributed by atoms with Gasteiger partial charge in [0.25, 0.3) is 0 Å². The fraction of sp³-hybridized carbons (Fsp3) is 0.750. The molecule has 0 radical (unpaired) electrons. The van der Waals surface area contributed by atoms with E-state index in [9.17, 15) is 4.48 Å². The molecule has 1 aliphatic heterocycles. The summed E-state index contributed by atoms with van der Waals surface area (Å²) in [5.74, 6) is 0. The second-order valence-electron chi connectivity index (χ2n) is 1.64. The highest BCUT2D eigenvalue weighted by Crippen LogP contribution is 2.02. The second kappa shape index (κ2) is 1.98. The molecule has 3 nitrogen and oxygen atoms in total. The van der Waals surface area contributed by atoms with Crippen LogP contribution >= 0.6 is 0 Å². The van der Waals surface area contributed by atoms with E-state index in [0.29, 0.717) is 5.12 Å². The highest BCUT2D eigenvalue weighted by Gasteiger charge is 2.15. The molecule has 0 aromatic rings. The highest BCUT2D eigenvalue weighted by molar-refractivity contribution is 5.54. The standard InChI is InChI=1S/C4H8FN3/c1-2-4-7-6-3-8(4)5/h3-4,7H,2H2,1H3. The molecule has 1 heterocycles. The van der Waals surface area contributed by atoms with Crippen LogP contribution in [0.2, 0.25) is 0 Å². The summed E-state index contributed by atoms with van der Waals surface area (Å²) in [7, 11) is 0. The maximum Gasteiger partial charge on any atom is 0.146 e. The van der Waals surface area contributed by atoms with Gasteiger partial charge in [0.15, 0.2) is 0 Å². The molecule has 1 N–H and O–H groups in total. The van der Waals surface area contributed by atoms with Crippen LogP contribution in [-0.4, -0.2) is 17.6 Å². The van der Waals surface area contributed by atoms with Crippen LogP contribution in [0.3, 0.4) is 0 Å². The van der Waals surface area contributed by atoms with Gasteiger partial charge in [0, 0.05) is 0 Å². The Morgan fingerprint density at radius 3 is 3.00 bits per heavy atom. The minimum absolute atomic E-state index is 0.241. The van der Waals surface area contributed by atoms with E-state index in [0.717, 1.165) is 12.8 Å². The molecule has 0 fully saturated rings. The Balaban J connectivity index is 2.38. The molecule has 46 valence electrons. The average Bonchev–Trinajstić information content (AvgIpc) is 2.14. The van der Waals surface area contributed by atoms with Crippen molar-refractivity contribution < 1.29 is 4.48 Å². The zero-order valence-corrected chi connectivity index (χ0v) is 4.63. The van der Waals surface area contributed by atoms with Gasteiger partial charge in [0.2, 0.25) is 0 Å². The molecular formula is C4H8FN3. The Bertz CT molecular complexity index is 103. The Labute approximate surface area is 47.1 Å². The average molecular weight is 117 g/mol. The molecule has 0 aromatic carbocycles. The molecule has 8 heavy (non-hydrogen) atoms. The third-order valence-electron chi connectivity index (χ3n) is 1.08. The lowest BCUT2D eigenvalue weighted by molar-refractivity contribution is 0.0708. The summed E-state index contributed by atoms with van der Waals surface area (Å²) in [4.78, 5) is 0. The first-order valence-electron chi connectivity index (χ1n) is 2.57. The van der Waals surface area contributed by atoms with Gasteiger partial charge in [-0.2, -0.15) is 10.2 Å². The molecule has 0 saturated carbocycles. The SMILES string of the molecule is CCC1NN=CN1F. The number of halogens is 1. The maximum absolute atomic E-state index is 12.2. The lowest BCUT2D eigenvalue weighted by Gasteiger charge is -2.10. The van der Waals surface area contributed by atoms with Crippen LogP contribution in [0.15, 0.2) is 5.10 Å². The quantitative estimate of drug-likeness (QED) is 0.505. The van der Waals surface area contributed by atoms with Gasteiger partial charge in [0.05, 0.1) is 0 Å². The van der Waals surface area contributed by atoms with Gasteiger partial charge in [-0.1, -0.05) is 11.4 Å². The van der Waals surface area contributed by atoms with Gasteiger partial charge < -0.3 is 0 Å². The first-order chi connectivity index (χ1) is 3.84. The second-order valence-corrected chi connectivity index (χ2v) is 1.64. The summed E-state index contributed by atoms with van der Waals surface area (Å²) in [6, 6.07) is 0. The predicted molar refractivity (Wildman–Crippen MR) is 28.7 cm³/mol. The number of hydrogen-bond donors (Lipinski definition) is 1. The Hall–Kier alpha value is -0.800. The zero-order valence-electron chi connectivity index (χ0n) is 4.63. The van der Waals surface area contributed by atoms with Gasteiger partial charge in [-0.05, 0) is 6.42 Å². The molecule has 1 rings (SSSR count). The van der Waals surface area contributed by atoms with E-state index in [2.05, 4.69) is 10.5 Å². The summed E-state index contributed by atoms with van der Waals surface area (Å²) in [6.45, 7) is 1.89. The summed E-state index contributed by atoms with van der Waals surface area (Å²) >= 11 is 0. The number of hydrazone groups is 1. The molecule has 0 bridgehead atoms. The summed E-state index contributed by atoms with van der Waals surface area (Å²) in [5, 5.41) is 4.05. The van der Waals surface area contributed by atoms with Crippen LogP contribution < -0.4 is 5.43 Å². The van der Waals surface area contributed by atoms with Crippen molar-refractivity contribution in [3.8, 4) is 0 Å². The van der Waals surface area contributed by atoms with Gasteiger partial charge in [-0.15, -0.1) is 0 Å². The minimum Gasteiger partial charge on any atom is -0.284 e. The van der Waals surface area contributed by atoms with Crippen molar-refractivity contribution in [1.29, 1.82) is 0 Å². The summed E-state index contributed by atoms with van der Waals surface area (Å²) in [5.41, 5.74) is 2.58. The third-order valence-corrected chi connectivity index (χ3v) is 1.08. The van der Waals surface area contributed by atoms with Crippen LogP contribution in [0, 0.1) is 0 Å². The summed E-state index contributed by atoms with van der Waals surface area (Å²) in [6.07, 6.45) is 1.61.